The fraction of sp³-hybridized carbons (Fsp3) is 0.588. The number of carbonyl (C=O) groups is 1. The zero-order chi connectivity index (χ0) is 17.0. The van der Waals surface area contributed by atoms with Gasteiger partial charge in [0.15, 0.2) is 23.0 Å². The van der Waals surface area contributed by atoms with E-state index in [0.717, 1.165) is 38.5 Å². The molecule has 0 spiro atoms. The number of hydrogen-bond acceptors (Lipinski definition) is 4. The molecule has 0 saturated heterocycles. The Kier molecular flexibility index (Phi) is 6.42. The smallest absolute Gasteiger partial charge is 0.170 e. The number of rotatable bonds is 7. The zero-order valence-corrected chi connectivity index (χ0v) is 14.7. The Labute approximate surface area is 146 Å². The number of Topliss-reactive ketones (excluding diaryl/α,β-unsaturated/α-hetero) is 1. The Hall–Kier alpha value is -1.13. The van der Waals surface area contributed by atoms with Gasteiger partial charge in [-0.15, -0.1) is 0 Å². The molecule has 2 N–H and O–H groups in total. The molecule has 1 fully saturated rings. The highest BCUT2D eigenvalue weighted by atomic mass is 35.5. The third-order valence-electron chi connectivity index (χ3n) is 4.16. The molecule has 4 nitrogen and oxygen atoms in total. The Morgan fingerprint density at radius 3 is 2.22 bits per heavy atom. The first kappa shape index (κ1) is 18.2. The molecule has 1 aromatic rings. The lowest BCUT2D eigenvalue weighted by molar-refractivity contribution is 0.0974. The van der Waals surface area contributed by atoms with E-state index in [-0.39, 0.29) is 39.7 Å². The molecule has 0 unspecified atom stereocenters. The molecule has 0 bridgehead atoms. The molecule has 1 aromatic carbocycles. The average Bonchev–Trinajstić information content (AvgIpc) is 3.03. The lowest BCUT2D eigenvalue weighted by Crippen LogP contribution is -2.12. The number of benzene rings is 1. The van der Waals surface area contributed by atoms with E-state index in [0.29, 0.717) is 6.42 Å². The minimum absolute atomic E-state index is 0.0325. The summed E-state index contributed by atoms with van der Waals surface area (Å²) in [6.45, 7) is 2.03. The van der Waals surface area contributed by atoms with E-state index in [2.05, 4.69) is 0 Å². The standard InChI is InChI=1S/C17H22Cl2O4/c1-2-3-4-9-11(20)12-15(21)13(18)17(14(19)16(12)22)23-10-7-5-6-8-10/h10,21-22H,2-9H2,1H3. The fourth-order valence-electron chi connectivity index (χ4n) is 2.84. The van der Waals surface area contributed by atoms with E-state index in [1.54, 1.807) is 0 Å². The van der Waals surface area contributed by atoms with Crippen molar-refractivity contribution in [1.82, 2.24) is 0 Å². The number of phenols is 2. The van der Waals surface area contributed by atoms with Crippen molar-refractivity contribution < 1.29 is 19.7 Å². The second kappa shape index (κ2) is 8.11. The Morgan fingerprint density at radius 2 is 1.70 bits per heavy atom. The van der Waals surface area contributed by atoms with Crippen molar-refractivity contribution in [3.8, 4) is 17.2 Å². The average molecular weight is 361 g/mol. The highest BCUT2D eigenvalue weighted by Gasteiger charge is 2.29. The van der Waals surface area contributed by atoms with E-state index >= 15 is 0 Å². The maximum atomic E-state index is 12.2. The summed E-state index contributed by atoms with van der Waals surface area (Å²) in [6, 6.07) is 0. The third-order valence-corrected chi connectivity index (χ3v) is 4.86. The number of phenolic OH excluding ortho intramolecular Hbond substituents is 2. The topological polar surface area (TPSA) is 66.8 Å². The Morgan fingerprint density at radius 1 is 1.13 bits per heavy atom. The van der Waals surface area contributed by atoms with Crippen LogP contribution in [0, 0.1) is 0 Å². The summed E-state index contributed by atoms with van der Waals surface area (Å²) in [6.07, 6.45) is 6.64. The van der Waals surface area contributed by atoms with E-state index in [4.69, 9.17) is 27.9 Å². The van der Waals surface area contributed by atoms with Gasteiger partial charge in [0.25, 0.3) is 0 Å². The number of hydrogen-bond donors (Lipinski definition) is 2. The Balaban J connectivity index is 2.29. The van der Waals surface area contributed by atoms with Crippen molar-refractivity contribution >= 4 is 29.0 Å². The number of unbranched alkanes of at least 4 members (excludes halogenated alkanes) is 2. The lowest BCUT2D eigenvalue weighted by atomic mass is 10.0. The van der Waals surface area contributed by atoms with Crippen molar-refractivity contribution in [2.45, 2.75) is 64.4 Å². The van der Waals surface area contributed by atoms with Crippen molar-refractivity contribution in [2.75, 3.05) is 0 Å². The summed E-state index contributed by atoms with van der Waals surface area (Å²) >= 11 is 12.3. The number of halogens is 2. The first-order valence-corrected chi connectivity index (χ1v) is 8.85. The van der Waals surface area contributed by atoms with E-state index in [1.807, 2.05) is 6.92 Å². The van der Waals surface area contributed by atoms with Crippen LogP contribution in [0.3, 0.4) is 0 Å². The highest BCUT2D eigenvalue weighted by molar-refractivity contribution is 6.40. The highest BCUT2D eigenvalue weighted by Crippen LogP contribution is 2.49. The molecule has 1 aliphatic rings. The molecule has 2 rings (SSSR count). The monoisotopic (exact) mass is 360 g/mol. The van der Waals surface area contributed by atoms with Crippen LogP contribution in [-0.2, 0) is 0 Å². The second-order valence-electron chi connectivity index (χ2n) is 5.93. The van der Waals surface area contributed by atoms with Gasteiger partial charge < -0.3 is 14.9 Å². The van der Waals surface area contributed by atoms with Crippen molar-refractivity contribution in [3.05, 3.63) is 15.6 Å². The molecule has 0 radical (unpaired) electrons. The largest absolute Gasteiger partial charge is 0.505 e. The number of ketones is 1. The summed E-state index contributed by atoms with van der Waals surface area (Å²) < 4.78 is 5.74. The van der Waals surface area contributed by atoms with Gasteiger partial charge in [-0.05, 0) is 32.1 Å². The summed E-state index contributed by atoms with van der Waals surface area (Å²) in [4.78, 5) is 12.2. The molecule has 6 heteroatoms. The minimum Gasteiger partial charge on any atom is -0.505 e. The fourth-order valence-corrected chi connectivity index (χ4v) is 3.36. The van der Waals surface area contributed by atoms with Gasteiger partial charge in [0.1, 0.15) is 15.6 Å². The number of ether oxygens (including phenoxy) is 1. The maximum absolute atomic E-state index is 12.2. The van der Waals surface area contributed by atoms with Gasteiger partial charge in [-0.1, -0.05) is 43.0 Å². The SMILES string of the molecule is CCCCCC(=O)c1c(O)c(Cl)c(OC2CCCC2)c(Cl)c1O. The van der Waals surface area contributed by atoms with E-state index in [9.17, 15) is 15.0 Å². The molecule has 128 valence electrons. The van der Waals surface area contributed by atoms with Crippen LogP contribution < -0.4 is 4.74 Å². The first-order chi connectivity index (χ1) is 11.0. The van der Waals surface area contributed by atoms with Gasteiger partial charge in [0, 0.05) is 6.42 Å². The van der Waals surface area contributed by atoms with Gasteiger partial charge in [0.2, 0.25) is 0 Å². The molecule has 0 aromatic heterocycles. The summed E-state index contributed by atoms with van der Waals surface area (Å²) in [5, 5.41) is 20.2. The van der Waals surface area contributed by atoms with Crippen LogP contribution >= 0.6 is 23.2 Å². The van der Waals surface area contributed by atoms with Crippen LogP contribution in [0.5, 0.6) is 17.2 Å². The Bertz CT molecular complexity index is 551. The summed E-state index contributed by atoms with van der Waals surface area (Å²) in [5.41, 5.74) is -0.213. The second-order valence-corrected chi connectivity index (χ2v) is 6.69. The predicted octanol–water partition coefficient (Wildman–Crippen LogP) is 5.49. The lowest BCUT2D eigenvalue weighted by Gasteiger charge is -2.19. The van der Waals surface area contributed by atoms with Crippen LogP contribution in [0.25, 0.3) is 0 Å². The van der Waals surface area contributed by atoms with Gasteiger partial charge >= 0.3 is 0 Å². The van der Waals surface area contributed by atoms with Crippen LogP contribution in [-0.4, -0.2) is 22.1 Å². The van der Waals surface area contributed by atoms with Crippen LogP contribution in [0.4, 0.5) is 0 Å². The van der Waals surface area contributed by atoms with Gasteiger partial charge in [0.05, 0.1) is 6.10 Å². The molecule has 1 aliphatic carbocycles. The molecular weight excluding hydrogens is 339 g/mol. The van der Waals surface area contributed by atoms with Gasteiger partial charge in [-0.25, -0.2) is 0 Å². The molecule has 0 heterocycles. The summed E-state index contributed by atoms with van der Waals surface area (Å²) in [7, 11) is 0. The van der Waals surface area contributed by atoms with Crippen LogP contribution in [0.1, 0.15) is 68.6 Å². The van der Waals surface area contributed by atoms with Gasteiger partial charge in [-0.2, -0.15) is 0 Å². The first-order valence-electron chi connectivity index (χ1n) is 8.10. The molecule has 23 heavy (non-hydrogen) atoms. The van der Waals surface area contributed by atoms with Crippen molar-refractivity contribution in [1.29, 1.82) is 0 Å². The molecule has 0 aliphatic heterocycles. The molecule has 1 saturated carbocycles. The van der Waals surface area contributed by atoms with Crippen molar-refractivity contribution in [3.63, 3.8) is 0 Å². The minimum atomic E-state index is -0.455. The molecule has 0 atom stereocenters. The van der Waals surface area contributed by atoms with E-state index in [1.165, 1.54) is 0 Å². The van der Waals surface area contributed by atoms with E-state index < -0.39 is 11.5 Å². The number of aromatic hydroxyl groups is 2. The number of carbonyl (C=O) groups excluding carboxylic acids is 1. The third kappa shape index (κ3) is 4.04. The van der Waals surface area contributed by atoms with Gasteiger partial charge in [-0.3, -0.25) is 4.79 Å². The normalized spacial score (nSPS) is 15.1. The maximum Gasteiger partial charge on any atom is 0.170 e. The predicted molar refractivity (Wildman–Crippen MR) is 91.1 cm³/mol. The molecule has 0 amide bonds. The summed E-state index contributed by atoms with van der Waals surface area (Å²) in [5.74, 6) is -1.23. The van der Waals surface area contributed by atoms with Crippen LogP contribution in [0.2, 0.25) is 10.0 Å². The quantitative estimate of drug-likeness (QED) is 0.498. The van der Waals surface area contributed by atoms with Crippen LogP contribution in [0.15, 0.2) is 0 Å². The zero-order valence-electron chi connectivity index (χ0n) is 13.2. The molecular formula is C17H22Cl2O4. The van der Waals surface area contributed by atoms with Crippen molar-refractivity contribution in [2.24, 2.45) is 0 Å².